The van der Waals surface area contributed by atoms with E-state index in [0.717, 1.165) is 11.1 Å². The van der Waals surface area contributed by atoms with Crippen molar-refractivity contribution in [3.05, 3.63) is 58.9 Å². The van der Waals surface area contributed by atoms with E-state index in [1.54, 1.807) is 13.0 Å². The fraction of sp³-hybridized carbons (Fsp3) is 0.435. The Hall–Kier alpha value is -1.99. The van der Waals surface area contributed by atoms with Gasteiger partial charge in [-0.1, -0.05) is 35.9 Å². The van der Waals surface area contributed by atoms with Crippen LogP contribution in [0.1, 0.15) is 18.9 Å². The normalized spacial score (nSPS) is 16.7. The molecule has 0 spiro atoms. The number of likely N-dealkylation sites (tertiary alicyclic amines) is 1. The zero-order valence-electron chi connectivity index (χ0n) is 17.1. The second-order valence-corrected chi connectivity index (χ2v) is 8.28. The van der Waals surface area contributed by atoms with Crippen molar-refractivity contribution < 1.29 is 19.0 Å². The Morgan fingerprint density at radius 1 is 1.30 bits per heavy atom. The maximum atomic E-state index is 14.1. The Kier molecular flexibility index (Phi) is 7.83. The van der Waals surface area contributed by atoms with E-state index in [2.05, 4.69) is 0 Å². The van der Waals surface area contributed by atoms with Crippen LogP contribution < -0.4 is 5.73 Å². The topological polar surface area (TPSA) is 75.8 Å². The molecule has 3 rings (SSSR count). The van der Waals surface area contributed by atoms with Crippen LogP contribution in [0.15, 0.2) is 42.5 Å². The van der Waals surface area contributed by atoms with Crippen LogP contribution in [0.3, 0.4) is 0 Å². The Labute approximate surface area is 181 Å². The van der Waals surface area contributed by atoms with Gasteiger partial charge in [-0.25, -0.2) is 4.39 Å². The first-order chi connectivity index (χ1) is 14.4. The van der Waals surface area contributed by atoms with Crippen molar-refractivity contribution in [3.63, 3.8) is 0 Å². The summed E-state index contributed by atoms with van der Waals surface area (Å²) in [6.07, 6.45) is 0.775. The van der Waals surface area contributed by atoms with Gasteiger partial charge in [0.2, 0.25) is 0 Å². The first-order valence-electron chi connectivity index (χ1n) is 10.2. The van der Waals surface area contributed by atoms with Gasteiger partial charge >= 0.3 is 5.97 Å². The number of rotatable bonds is 9. The largest absolute Gasteiger partial charge is 0.466 e. The van der Waals surface area contributed by atoms with E-state index in [0.29, 0.717) is 49.7 Å². The molecule has 1 aliphatic rings. The van der Waals surface area contributed by atoms with Gasteiger partial charge in [-0.2, -0.15) is 0 Å². The highest BCUT2D eigenvalue weighted by molar-refractivity contribution is 6.30. The fourth-order valence-electron chi connectivity index (χ4n) is 3.80. The number of carbonyl (C=O) groups is 1. The first-order valence-corrected chi connectivity index (χ1v) is 10.6. The van der Waals surface area contributed by atoms with E-state index < -0.39 is 0 Å². The molecule has 1 heterocycles. The quantitative estimate of drug-likeness (QED) is 0.592. The molecule has 1 aliphatic heterocycles. The second kappa shape index (κ2) is 10.4. The lowest BCUT2D eigenvalue weighted by atomic mass is 9.93. The molecule has 30 heavy (non-hydrogen) atoms. The molecule has 0 radical (unpaired) electrons. The van der Waals surface area contributed by atoms with E-state index in [4.69, 9.17) is 22.1 Å². The molecule has 2 atom stereocenters. The molecule has 162 valence electrons. The van der Waals surface area contributed by atoms with Gasteiger partial charge in [0.15, 0.2) is 0 Å². The summed E-state index contributed by atoms with van der Waals surface area (Å²) in [6.45, 7) is 3.80. The van der Waals surface area contributed by atoms with Gasteiger partial charge in [0.05, 0.1) is 18.6 Å². The summed E-state index contributed by atoms with van der Waals surface area (Å²) in [7, 11) is 0. The number of hydrogen-bond acceptors (Lipinski definition) is 5. The summed E-state index contributed by atoms with van der Waals surface area (Å²) in [4.78, 5) is 14.4. The van der Waals surface area contributed by atoms with E-state index in [9.17, 15) is 14.3 Å². The van der Waals surface area contributed by atoms with Crippen LogP contribution in [-0.2, 0) is 16.0 Å². The molecule has 0 aromatic heterocycles. The van der Waals surface area contributed by atoms with Gasteiger partial charge in [0.25, 0.3) is 0 Å². The monoisotopic (exact) mass is 434 g/mol. The maximum absolute atomic E-state index is 14.1. The summed E-state index contributed by atoms with van der Waals surface area (Å²) in [5.41, 5.74) is 8.55. The van der Waals surface area contributed by atoms with Crippen molar-refractivity contribution in [2.75, 3.05) is 26.2 Å². The summed E-state index contributed by atoms with van der Waals surface area (Å²) in [6, 6.07) is 11.8. The lowest BCUT2D eigenvalue weighted by Crippen LogP contribution is -2.53. The van der Waals surface area contributed by atoms with Crippen molar-refractivity contribution in [2.45, 2.75) is 31.9 Å². The number of benzene rings is 2. The van der Waals surface area contributed by atoms with E-state index >= 15 is 0 Å². The van der Waals surface area contributed by atoms with Crippen LogP contribution in [0.4, 0.5) is 4.39 Å². The highest BCUT2D eigenvalue weighted by Gasteiger charge is 2.31. The molecule has 5 nitrogen and oxygen atoms in total. The number of halogens is 2. The third kappa shape index (κ3) is 6.01. The highest BCUT2D eigenvalue weighted by atomic mass is 35.5. The van der Waals surface area contributed by atoms with Crippen LogP contribution in [0.5, 0.6) is 0 Å². The molecule has 2 unspecified atom stereocenters. The molecular weight excluding hydrogens is 407 g/mol. The zero-order valence-corrected chi connectivity index (χ0v) is 17.8. The molecule has 0 bridgehead atoms. The van der Waals surface area contributed by atoms with E-state index in [1.165, 1.54) is 12.1 Å². The Morgan fingerprint density at radius 2 is 2.00 bits per heavy atom. The maximum Gasteiger partial charge on any atom is 0.310 e. The van der Waals surface area contributed by atoms with Crippen LogP contribution in [0, 0.1) is 11.7 Å². The summed E-state index contributed by atoms with van der Waals surface area (Å²) >= 11 is 5.98. The lowest BCUT2D eigenvalue weighted by Gasteiger charge is -2.38. The van der Waals surface area contributed by atoms with Crippen molar-refractivity contribution in [3.8, 4) is 11.1 Å². The molecular formula is C23H28ClFN2O3. The number of aliphatic hydroxyl groups excluding tert-OH is 1. The summed E-state index contributed by atoms with van der Waals surface area (Å²) in [5, 5.41) is 9.96. The van der Waals surface area contributed by atoms with Crippen LogP contribution in [-0.4, -0.2) is 54.4 Å². The molecule has 2 aromatic carbocycles. The molecule has 1 saturated heterocycles. The molecule has 0 aliphatic carbocycles. The number of carbonyl (C=O) groups excluding carboxylic acids is 1. The molecule has 1 fully saturated rings. The third-order valence-corrected chi connectivity index (χ3v) is 5.55. The Bertz CT molecular complexity index is 856. The number of hydrogen-bond donors (Lipinski definition) is 2. The number of ether oxygens (including phenoxy) is 1. The number of nitrogens with zero attached hydrogens (tertiary/aromatic N) is 1. The van der Waals surface area contributed by atoms with Crippen molar-refractivity contribution in [2.24, 2.45) is 11.7 Å². The second-order valence-electron chi connectivity index (χ2n) is 7.84. The van der Waals surface area contributed by atoms with Gasteiger partial charge < -0.3 is 15.6 Å². The Morgan fingerprint density at radius 3 is 2.63 bits per heavy atom. The predicted molar refractivity (Wildman–Crippen MR) is 116 cm³/mol. The predicted octanol–water partition coefficient (Wildman–Crippen LogP) is 3.26. The van der Waals surface area contributed by atoms with Gasteiger partial charge in [-0.15, -0.1) is 0 Å². The number of nitrogens with two attached hydrogens (primary N) is 1. The minimum atomic E-state index is -0.327. The van der Waals surface area contributed by atoms with Gasteiger partial charge in [-0.05, 0) is 49.1 Å². The van der Waals surface area contributed by atoms with Crippen molar-refractivity contribution in [1.29, 1.82) is 0 Å². The zero-order chi connectivity index (χ0) is 21.7. The summed E-state index contributed by atoms with van der Waals surface area (Å²) < 4.78 is 19.3. The van der Waals surface area contributed by atoms with Gasteiger partial charge in [-0.3, -0.25) is 9.69 Å². The fourth-order valence-corrected chi connectivity index (χ4v) is 3.97. The minimum Gasteiger partial charge on any atom is -0.466 e. The molecule has 0 amide bonds. The number of esters is 1. The van der Waals surface area contributed by atoms with Gasteiger partial charge in [0, 0.05) is 36.3 Å². The van der Waals surface area contributed by atoms with Crippen molar-refractivity contribution in [1.82, 2.24) is 4.90 Å². The Balaban J connectivity index is 1.61. The van der Waals surface area contributed by atoms with Crippen LogP contribution in [0.2, 0.25) is 5.02 Å². The average molecular weight is 435 g/mol. The molecule has 2 aromatic rings. The van der Waals surface area contributed by atoms with Gasteiger partial charge in [0.1, 0.15) is 5.82 Å². The average Bonchev–Trinajstić information content (AvgIpc) is 2.69. The number of β-amino-alcohol motifs (C(OH)–C–C–N with tert-alkyl or cyclic N) is 1. The molecule has 7 heteroatoms. The number of aliphatic hydroxyl groups is 1. The molecule has 0 saturated carbocycles. The highest BCUT2D eigenvalue weighted by Crippen LogP contribution is 2.27. The van der Waals surface area contributed by atoms with E-state index in [-0.39, 0.29) is 29.9 Å². The minimum absolute atomic E-state index is 0.223. The van der Waals surface area contributed by atoms with Crippen LogP contribution in [0.25, 0.3) is 11.1 Å². The lowest BCUT2D eigenvalue weighted by molar-refractivity contribution is -0.150. The first kappa shape index (κ1) is 22.7. The third-order valence-electron chi connectivity index (χ3n) is 5.31. The standard InChI is InChI=1S/C23H28ClFN2O3/c1-2-30-23(29)17(12-27-13-20(28)14-27)10-19(26)9-15-3-5-16(6-4-15)21-11-18(24)7-8-22(21)25/h3-8,11,17,19-20,28H,2,9-10,12-14,26H2,1H3. The molecule has 3 N–H and O–H groups in total. The smallest absolute Gasteiger partial charge is 0.310 e. The summed E-state index contributed by atoms with van der Waals surface area (Å²) in [5.74, 6) is -0.898. The van der Waals surface area contributed by atoms with Crippen LogP contribution >= 0.6 is 11.6 Å². The van der Waals surface area contributed by atoms with E-state index in [1.807, 2.05) is 29.2 Å². The van der Waals surface area contributed by atoms with Crippen molar-refractivity contribution >= 4 is 17.6 Å². The SMILES string of the molecule is CCOC(=O)C(CC(N)Cc1ccc(-c2cc(Cl)ccc2F)cc1)CN1CC(O)C1.